The lowest BCUT2D eigenvalue weighted by Gasteiger charge is -2.27. The monoisotopic (exact) mass is 291 g/mol. The van der Waals surface area contributed by atoms with E-state index in [0.717, 1.165) is 12.8 Å². The topological polar surface area (TPSA) is 108 Å². The van der Waals surface area contributed by atoms with Gasteiger partial charge < -0.3 is 5.11 Å². The molecule has 7 heteroatoms. The Kier molecular flexibility index (Phi) is 4.86. The molecule has 1 aromatic heterocycles. The van der Waals surface area contributed by atoms with Gasteiger partial charge in [-0.15, -0.1) is 0 Å². The van der Waals surface area contributed by atoms with Crippen LogP contribution in [0.2, 0.25) is 0 Å². The van der Waals surface area contributed by atoms with Crippen LogP contribution in [0.3, 0.4) is 0 Å². The van der Waals surface area contributed by atoms with Crippen LogP contribution in [0.25, 0.3) is 0 Å². The summed E-state index contributed by atoms with van der Waals surface area (Å²) in [6.07, 6.45) is 5.58. The van der Waals surface area contributed by atoms with Gasteiger partial charge in [-0.25, -0.2) is 0 Å². The number of amides is 2. The molecule has 1 aliphatic carbocycles. The van der Waals surface area contributed by atoms with Crippen molar-refractivity contribution in [3.05, 3.63) is 30.1 Å². The smallest absolute Gasteiger partial charge is 0.307 e. The molecule has 21 heavy (non-hydrogen) atoms. The molecule has 1 fully saturated rings. The molecule has 0 spiro atoms. The van der Waals surface area contributed by atoms with Gasteiger partial charge in [-0.3, -0.25) is 30.2 Å². The molecule has 1 heterocycles. The van der Waals surface area contributed by atoms with Gasteiger partial charge in [0.15, 0.2) is 0 Å². The highest BCUT2D eigenvalue weighted by Gasteiger charge is 2.35. The SMILES string of the molecule is O=C(NNC(=O)C1CCCCC1C(=O)O)c1ccncc1. The van der Waals surface area contributed by atoms with E-state index in [-0.39, 0.29) is 0 Å². The third-order valence-corrected chi connectivity index (χ3v) is 3.66. The molecule has 0 saturated heterocycles. The van der Waals surface area contributed by atoms with E-state index in [0.29, 0.717) is 18.4 Å². The fourth-order valence-corrected chi connectivity index (χ4v) is 2.53. The number of carboxylic acid groups (broad SMARTS) is 1. The summed E-state index contributed by atoms with van der Waals surface area (Å²) >= 11 is 0. The molecule has 2 atom stereocenters. The highest BCUT2D eigenvalue weighted by molar-refractivity contribution is 5.95. The summed E-state index contributed by atoms with van der Waals surface area (Å²) in [5, 5.41) is 9.14. The Hall–Kier alpha value is -2.44. The Morgan fingerprint density at radius 1 is 1.05 bits per heavy atom. The number of carboxylic acids is 1. The summed E-state index contributed by atoms with van der Waals surface area (Å²) in [4.78, 5) is 38.8. The average molecular weight is 291 g/mol. The first-order valence-electron chi connectivity index (χ1n) is 6.82. The van der Waals surface area contributed by atoms with Crippen LogP contribution in [-0.4, -0.2) is 27.9 Å². The van der Waals surface area contributed by atoms with Gasteiger partial charge in [-0.2, -0.15) is 0 Å². The summed E-state index contributed by atoms with van der Waals surface area (Å²) in [5.41, 5.74) is 4.97. The fraction of sp³-hybridized carbons (Fsp3) is 0.429. The van der Waals surface area contributed by atoms with E-state index in [1.807, 2.05) is 0 Å². The third kappa shape index (κ3) is 3.77. The maximum absolute atomic E-state index is 12.0. The van der Waals surface area contributed by atoms with E-state index in [1.54, 1.807) is 0 Å². The van der Waals surface area contributed by atoms with Gasteiger partial charge in [0.1, 0.15) is 0 Å². The number of hydrogen-bond donors (Lipinski definition) is 3. The Balaban J connectivity index is 1.92. The first-order valence-corrected chi connectivity index (χ1v) is 6.82. The molecule has 1 aromatic rings. The number of carbonyl (C=O) groups excluding carboxylic acids is 2. The molecule has 3 N–H and O–H groups in total. The van der Waals surface area contributed by atoms with Gasteiger partial charge in [-0.1, -0.05) is 12.8 Å². The third-order valence-electron chi connectivity index (χ3n) is 3.66. The second-order valence-corrected chi connectivity index (χ2v) is 5.01. The van der Waals surface area contributed by atoms with E-state index in [1.165, 1.54) is 24.5 Å². The van der Waals surface area contributed by atoms with Crippen LogP contribution in [0.4, 0.5) is 0 Å². The second kappa shape index (κ2) is 6.83. The fourth-order valence-electron chi connectivity index (χ4n) is 2.53. The van der Waals surface area contributed by atoms with Crippen LogP contribution in [0.1, 0.15) is 36.0 Å². The molecule has 7 nitrogen and oxygen atoms in total. The minimum absolute atomic E-state index is 0.365. The standard InChI is InChI=1S/C14H17N3O4/c18-12(9-5-7-15-8-6-9)16-17-13(19)10-3-1-2-4-11(10)14(20)21/h5-8,10-11H,1-4H2,(H,16,18)(H,17,19)(H,20,21). The van der Waals surface area contributed by atoms with Crippen LogP contribution >= 0.6 is 0 Å². The number of nitrogens with one attached hydrogen (secondary N) is 2. The maximum Gasteiger partial charge on any atom is 0.307 e. The first-order chi connectivity index (χ1) is 10.1. The first kappa shape index (κ1) is 15.0. The molecular formula is C14H17N3O4. The minimum atomic E-state index is -0.963. The molecular weight excluding hydrogens is 274 g/mol. The minimum Gasteiger partial charge on any atom is -0.481 e. The second-order valence-electron chi connectivity index (χ2n) is 5.01. The van der Waals surface area contributed by atoms with Crippen molar-refractivity contribution in [2.75, 3.05) is 0 Å². The molecule has 0 bridgehead atoms. The van der Waals surface area contributed by atoms with Crippen molar-refractivity contribution in [2.24, 2.45) is 11.8 Å². The zero-order valence-corrected chi connectivity index (χ0v) is 11.4. The Morgan fingerprint density at radius 3 is 2.29 bits per heavy atom. The van der Waals surface area contributed by atoms with Gasteiger partial charge in [0, 0.05) is 18.0 Å². The number of rotatable bonds is 3. The number of carbonyl (C=O) groups is 3. The highest BCUT2D eigenvalue weighted by Crippen LogP contribution is 2.30. The molecule has 2 rings (SSSR count). The van der Waals surface area contributed by atoms with E-state index >= 15 is 0 Å². The van der Waals surface area contributed by atoms with Crippen molar-refractivity contribution in [1.82, 2.24) is 15.8 Å². The normalized spacial score (nSPS) is 21.3. The lowest BCUT2D eigenvalue weighted by molar-refractivity contribution is -0.149. The van der Waals surface area contributed by atoms with Crippen molar-refractivity contribution < 1.29 is 19.5 Å². The van der Waals surface area contributed by atoms with Crippen molar-refractivity contribution in [3.8, 4) is 0 Å². The van der Waals surface area contributed by atoms with E-state index in [2.05, 4.69) is 15.8 Å². The maximum atomic E-state index is 12.0. The van der Waals surface area contributed by atoms with Crippen molar-refractivity contribution >= 4 is 17.8 Å². The zero-order chi connectivity index (χ0) is 15.2. The van der Waals surface area contributed by atoms with Gasteiger partial charge in [0.05, 0.1) is 11.8 Å². The molecule has 1 saturated carbocycles. The van der Waals surface area contributed by atoms with E-state index in [4.69, 9.17) is 5.11 Å². The number of aliphatic carboxylic acids is 1. The summed E-state index contributed by atoms with van der Waals surface area (Å²) in [6.45, 7) is 0. The molecule has 0 aliphatic heterocycles. The molecule has 0 aromatic carbocycles. The van der Waals surface area contributed by atoms with Crippen LogP contribution < -0.4 is 10.9 Å². The lowest BCUT2D eigenvalue weighted by atomic mass is 9.79. The zero-order valence-electron chi connectivity index (χ0n) is 11.4. The lowest BCUT2D eigenvalue weighted by Crippen LogP contribution is -2.47. The molecule has 0 radical (unpaired) electrons. The van der Waals surface area contributed by atoms with Gasteiger partial charge in [0.2, 0.25) is 5.91 Å². The predicted octanol–water partition coefficient (Wildman–Crippen LogP) is 0.734. The van der Waals surface area contributed by atoms with Crippen LogP contribution in [0.5, 0.6) is 0 Å². The quantitative estimate of drug-likeness (QED) is 0.712. The Labute approximate surface area is 121 Å². The Morgan fingerprint density at radius 2 is 1.67 bits per heavy atom. The summed E-state index contributed by atoms with van der Waals surface area (Å²) in [7, 11) is 0. The number of nitrogens with zero attached hydrogens (tertiary/aromatic N) is 1. The largest absolute Gasteiger partial charge is 0.481 e. The molecule has 2 amide bonds. The van der Waals surface area contributed by atoms with Gasteiger partial charge in [0.25, 0.3) is 5.91 Å². The number of hydrazine groups is 1. The summed E-state index contributed by atoms with van der Waals surface area (Å²) < 4.78 is 0. The van der Waals surface area contributed by atoms with Gasteiger partial charge >= 0.3 is 5.97 Å². The van der Waals surface area contributed by atoms with Gasteiger partial charge in [-0.05, 0) is 25.0 Å². The van der Waals surface area contributed by atoms with Crippen LogP contribution in [0, 0.1) is 11.8 Å². The van der Waals surface area contributed by atoms with Crippen molar-refractivity contribution in [1.29, 1.82) is 0 Å². The molecule has 1 aliphatic rings. The number of aromatic nitrogens is 1. The highest BCUT2D eigenvalue weighted by atomic mass is 16.4. The predicted molar refractivity (Wildman–Crippen MR) is 72.9 cm³/mol. The van der Waals surface area contributed by atoms with Crippen LogP contribution in [-0.2, 0) is 9.59 Å². The van der Waals surface area contributed by atoms with Crippen LogP contribution in [0.15, 0.2) is 24.5 Å². The summed E-state index contributed by atoms with van der Waals surface area (Å²) in [5.74, 6) is -3.17. The van der Waals surface area contributed by atoms with E-state index < -0.39 is 29.6 Å². The number of hydrogen-bond acceptors (Lipinski definition) is 4. The summed E-state index contributed by atoms with van der Waals surface area (Å²) in [6, 6.07) is 3.03. The molecule has 112 valence electrons. The van der Waals surface area contributed by atoms with Crippen molar-refractivity contribution in [2.45, 2.75) is 25.7 Å². The Bertz CT molecular complexity index is 532. The number of pyridine rings is 1. The molecule has 2 unspecified atom stereocenters. The van der Waals surface area contributed by atoms with Crippen molar-refractivity contribution in [3.63, 3.8) is 0 Å². The van der Waals surface area contributed by atoms with E-state index in [9.17, 15) is 14.4 Å². The average Bonchev–Trinajstić information content (AvgIpc) is 2.53.